The van der Waals surface area contributed by atoms with E-state index in [1.165, 1.54) is 23.1 Å². The fourth-order valence-electron chi connectivity index (χ4n) is 4.01. The van der Waals surface area contributed by atoms with Gasteiger partial charge >= 0.3 is 18.4 Å². The van der Waals surface area contributed by atoms with Gasteiger partial charge in [0, 0.05) is 36.1 Å². The number of benzene rings is 1. The van der Waals surface area contributed by atoms with E-state index < -0.39 is 56.7 Å². The summed E-state index contributed by atoms with van der Waals surface area (Å²) in [5.74, 6) is -2.79. The quantitative estimate of drug-likeness (QED) is 0.480. The molecule has 0 saturated carbocycles. The third-order valence-electron chi connectivity index (χ3n) is 5.89. The Bertz CT molecular complexity index is 1330. The largest absolute Gasteiger partial charge is 0.463 e. The van der Waals surface area contributed by atoms with Crippen LogP contribution in [-0.2, 0) is 15.9 Å². The van der Waals surface area contributed by atoms with Crippen molar-refractivity contribution in [1.29, 1.82) is 0 Å². The lowest BCUT2D eigenvalue weighted by molar-refractivity contribution is -0.179. The van der Waals surface area contributed by atoms with E-state index in [0.717, 1.165) is 19.2 Å². The molecule has 2 N–H and O–H groups in total. The molecule has 8 nitrogen and oxygen atoms in total. The third kappa shape index (κ3) is 6.50. The zero-order valence-electron chi connectivity index (χ0n) is 19.5. The number of carbonyl (C=O) groups is 2. The molecule has 0 spiro atoms. The maximum absolute atomic E-state index is 13.6. The molecule has 1 aliphatic rings. The third-order valence-corrected chi connectivity index (χ3v) is 7.52. The number of hydrogen-bond donors (Lipinski definition) is 2. The summed E-state index contributed by atoms with van der Waals surface area (Å²) in [6.07, 6.45) is -9.96. The molecular weight excluding hydrogens is 530 g/mol. The first kappa shape index (κ1) is 28.2. The number of nitrogens with zero attached hydrogens (tertiary/aromatic N) is 3. The van der Waals surface area contributed by atoms with Crippen molar-refractivity contribution in [3.05, 3.63) is 47.2 Å². The summed E-state index contributed by atoms with van der Waals surface area (Å²) in [7, 11) is -3.40. The highest BCUT2D eigenvalue weighted by atomic mass is 32.2. The van der Waals surface area contributed by atoms with Crippen LogP contribution in [0, 0.1) is 12.8 Å². The van der Waals surface area contributed by atoms with Crippen LogP contribution in [0.15, 0.2) is 39.7 Å². The van der Waals surface area contributed by atoms with Crippen LogP contribution in [0.2, 0.25) is 0 Å². The van der Waals surface area contributed by atoms with E-state index in [2.05, 4.69) is 14.7 Å². The molecule has 15 heteroatoms. The van der Waals surface area contributed by atoms with Gasteiger partial charge in [-0.05, 0) is 43.5 Å². The van der Waals surface area contributed by atoms with Crippen molar-refractivity contribution >= 4 is 33.2 Å². The second-order valence-corrected chi connectivity index (χ2v) is 10.7. The normalized spacial score (nSPS) is 16.7. The minimum absolute atomic E-state index is 0.0174. The van der Waals surface area contributed by atoms with Gasteiger partial charge in [0.25, 0.3) is 5.91 Å². The highest BCUT2D eigenvalue weighted by Gasteiger charge is 2.42. The first-order valence-corrected chi connectivity index (χ1v) is 12.7. The number of aromatic nitrogens is 1. The highest BCUT2D eigenvalue weighted by Crippen LogP contribution is 2.39. The second kappa shape index (κ2) is 10.2. The topological polar surface area (TPSA) is 112 Å². The Balaban J connectivity index is 2.01. The van der Waals surface area contributed by atoms with Crippen LogP contribution in [0.5, 0.6) is 0 Å². The Morgan fingerprint density at radius 2 is 1.78 bits per heavy atom. The van der Waals surface area contributed by atoms with Crippen LogP contribution in [0.3, 0.4) is 0 Å². The number of halogens is 6. The number of rotatable bonds is 4. The Labute approximate surface area is 207 Å². The maximum atomic E-state index is 13.6. The highest BCUT2D eigenvalue weighted by molar-refractivity contribution is 7.93. The molecular formula is C22H22F6N4O4S. The summed E-state index contributed by atoms with van der Waals surface area (Å²) in [4.78, 5) is 29.2. The molecule has 0 aliphatic carbocycles. The fourth-order valence-corrected chi connectivity index (χ4v) is 5.09. The standard InChI is InChI=1S/C22H22F6N4O4S/c1-12-16(22(26,27)28)11-29-18(32-8-6-13(7-9-32)21(23,24)25)17(12)19(33)30-14-4-3-5-15(10-14)37(2,36)31-20(34)35/h3-5,10-11,13H,6-9H2,1-2H3,(H,30,33)(H,34,35). The van der Waals surface area contributed by atoms with Crippen LogP contribution >= 0.6 is 0 Å². The van der Waals surface area contributed by atoms with E-state index in [1.54, 1.807) is 0 Å². The van der Waals surface area contributed by atoms with Crippen LogP contribution in [0.25, 0.3) is 0 Å². The van der Waals surface area contributed by atoms with Crippen LogP contribution in [0.1, 0.15) is 34.3 Å². The van der Waals surface area contributed by atoms with Gasteiger partial charge in [-0.3, -0.25) is 4.79 Å². The van der Waals surface area contributed by atoms with Crippen LogP contribution in [-0.4, -0.2) is 51.8 Å². The van der Waals surface area contributed by atoms with Gasteiger partial charge in [-0.25, -0.2) is 14.0 Å². The minimum Gasteiger partial charge on any atom is -0.463 e. The summed E-state index contributed by atoms with van der Waals surface area (Å²) in [6.45, 7) is 0.713. The molecule has 3 rings (SSSR count). The lowest BCUT2D eigenvalue weighted by Crippen LogP contribution is -2.40. The first-order chi connectivity index (χ1) is 17.0. The Kier molecular flexibility index (Phi) is 7.77. The van der Waals surface area contributed by atoms with E-state index in [4.69, 9.17) is 5.11 Å². The summed E-state index contributed by atoms with van der Waals surface area (Å²) in [5.41, 5.74) is -2.14. The smallest absolute Gasteiger partial charge is 0.439 e. The van der Waals surface area contributed by atoms with Crippen molar-refractivity contribution in [2.24, 2.45) is 10.3 Å². The van der Waals surface area contributed by atoms with Crippen LogP contribution < -0.4 is 10.2 Å². The Morgan fingerprint density at radius 3 is 2.32 bits per heavy atom. The zero-order valence-corrected chi connectivity index (χ0v) is 20.3. The molecule has 202 valence electrons. The van der Waals surface area contributed by atoms with Crippen molar-refractivity contribution in [2.75, 3.05) is 29.6 Å². The molecule has 1 aliphatic heterocycles. The number of piperidine rings is 1. The number of amides is 2. The molecule has 1 aromatic heterocycles. The van der Waals surface area contributed by atoms with E-state index in [-0.39, 0.29) is 42.3 Å². The number of alkyl halides is 6. The lowest BCUT2D eigenvalue weighted by Gasteiger charge is -2.35. The van der Waals surface area contributed by atoms with Gasteiger partial charge in [-0.1, -0.05) is 6.07 Å². The number of carboxylic acid groups (broad SMARTS) is 1. The zero-order chi connectivity index (χ0) is 27.8. The van der Waals surface area contributed by atoms with E-state index >= 15 is 0 Å². The van der Waals surface area contributed by atoms with E-state index in [1.807, 2.05) is 0 Å². The van der Waals surface area contributed by atoms with Crippen molar-refractivity contribution in [3.8, 4) is 0 Å². The van der Waals surface area contributed by atoms with Gasteiger partial charge in [0.1, 0.15) is 5.82 Å². The molecule has 1 aromatic carbocycles. The molecule has 37 heavy (non-hydrogen) atoms. The number of carbonyl (C=O) groups excluding carboxylic acids is 1. The molecule has 2 aromatic rings. The SMILES string of the molecule is Cc1c(C(F)(F)F)cnc(N2CCC(C(F)(F)F)CC2)c1C(=O)Nc1cccc(S(C)(=O)=NC(=O)O)c1. The first-order valence-electron chi connectivity index (χ1n) is 10.8. The minimum atomic E-state index is -4.85. The summed E-state index contributed by atoms with van der Waals surface area (Å²) in [5, 5.41) is 11.2. The summed E-state index contributed by atoms with van der Waals surface area (Å²) >= 11 is 0. The van der Waals surface area contributed by atoms with Gasteiger partial charge in [-0.15, -0.1) is 4.36 Å². The van der Waals surface area contributed by atoms with Crippen LogP contribution in [0.4, 0.5) is 42.6 Å². The Morgan fingerprint density at radius 1 is 1.16 bits per heavy atom. The van der Waals surface area contributed by atoms with E-state index in [0.29, 0.717) is 6.20 Å². The molecule has 1 unspecified atom stereocenters. The number of nitrogens with one attached hydrogen (secondary N) is 1. The predicted molar refractivity (Wildman–Crippen MR) is 122 cm³/mol. The molecule has 0 radical (unpaired) electrons. The van der Waals surface area contributed by atoms with E-state index in [9.17, 15) is 40.1 Å². The van der Waals surface area contributed by atoms with Gasteiger partial charge in [-0.2, -0.15) is 26.3 Å². The second-order valence-electron chi connectivity index (χ2n) is 8.45. The molecule has 2 amide bonds. The summed E-state index contributed by atoms with van der Waals surface area (Å²) in [6, 6.07) is 5.14. The summed E-state index contributed by atoms with van der Waals surface area (Å²) < 4.78 is 95.6. The maximum Gasteiger partial charge on any atom is 0.439 e. The van der Waals surface area contributed by atoms with Crippen molar-refractivity contribution in [3.63, 3.8) is 0 Å². The molecule has 0 bridgehead atoms. The lowest BCUT2D eigenvalue weighted by atomic mass is 9.95. The van der Waals surface area contributed by atoms with Crippen molar-refractivity contribution in [2.45, 2.75) is 37.0 Å². The van der Waals surface area contributed by atoms with Gasteiger partial charge < -0.3 is 15.3 Å². The Hall–Kier alpha value is -3.36. The average Bonchev–Trinajstić information content (AvgIpc) is 2.76. The van der Waals surface area contributed by atoms with Gasteiger partial charge in [0.15, 0.2) is 0 Å². The number of hydrogen-bond acceptors (Lipinski definition) is 5. The monoisotopic (exact) mass is 552 g/mol. The van der Waals surface area contributed by atoms with Gasteiger partial charge in [0.05, 0.1) is 26.8 Å². The number of anilines is 2. The average molecular weight is 552 g/mol. The number of pyridine rings is 1. The molecule has 1 atom stereocenters. The molecule has 1 fully saturated rings. The molecule has 2 heterocycles. The van der Waals surface area contributed by atoms with Crippen molar-refractivity contribution in [1.82, 2.24) is 4.98 Å². The van der Waals surface area contributed by atoms with Crippen molar-refractivity contribution < 1.29 is 45.2 Å². The molecule has 1 saturated heterocycles. The fraction of sp³-hybridized carbons (Fsp3) is 0.409. The van der Waals surface area contributed by atoms with Gasteiger partial charge in [0.2, 0.25) is 0 Å². The predicted octanol–water partition coefficient (Wildman–Crippen LogP) is 5.57.